The van der Waals surface area contributed by atoms with Crippen LogP contribution in [0.1, 0.15) is 23.6 Å². The van der Waals surface area contributed by atoms with Crippen molar-refractivity contribution in [2.24, 2.45) is 5.10 Å². The zero-order valence-electron chi connectivity index (χ0n) is 12.6. The molecule has 0 radical (unpaired) electrons. The van der Waals surface area contributed by atoms with E-state index in [2.05, 4.69) is 9.93 Å². The van der Waals surface area contributed by atoms with Gasteiger partial charge >= 0.3 is 0 Å². The monoisotopic (exact) mass is 320 g/mol. The van der Waals surface area contributed by atoms with Crippen molar-refractivity contribution in [3.05, 3.63) is 65.0 Å². The number of aryl methyl sites for hydroxylation is 2. The van der Waals surface area contributed by atoms with Gasteiger partial charge in [-0.2, -0.15) is 18.4 Å². The molecule has 2 aromatic rings. The minimum absolute atomic E-state index is 0.164. The summed E-state index contributed by atoms with van der Waals surface area (Å²) in [6.07, 6.45) is 0. The summed E-state index contributed by atoms with van der Waals surface area (Å²) >= 11 is 0. The molecule has 0 aliphatic carbocycles. The average molecular weight is 320 g/mol. The third-order valence-electron chi connectivity index (χ3n) is 3.23. The Balaban J connectivity index is 2.32. The number of nitrogens with one attached hydrogen (secondary N) is 1. The van der Waals surface area contributed by atoms with Crippen molar-refractivity contribution in [2.45, 2.75) is 25.7 Å². The van der Waals surface area contributed by atoms with Gasteiger partial charge in [-0.25, -0.2) is 4.39 Å². The van der Waals surface area contributed by atoms with Crippen molar-refractivity contribution < 1.29 is 12.8 Å². The van der Waals surface area contributed by atoms with Crippen molar-refractivity contribution >= 4 is 15.7 Å². The van der Waals surface area contributed by atoms with Crippen LogP contribution in [0.5, 0.6) is 0 Å². The van der Waals surface area contributed by atoms with Gasteiger partial charge in [0, 0.05) is 5.56 Å². The standard InChI is InChI=1S/C16H17FN2O2S/c1-11-8-9-12(2)16(10-11)22(20,21)19-18-13(3)14-6-4-5-7-15(14)17/h4-10,19H,1-3H3. The molecule has 0 spiro atoms. The Morgan fingerprint density at radius 3 is 2.50 bits per heavy atom. The molecule has 0 atom stereocenters. The second-order valence-electron chi connectivity index (χ2n) is 5.04. The van der Waals surface area contributed by atoms with E-state index in [4.69, 9.17) is 0 Å². The molecular formula is C16H17FN2O2S. The summed E-state index contributed by atoms with van der Waals surface area (Å²) in [6.45, 7) is 5.07. The molecule has 1 N–H and O–H groups in total. The average Bonchev–Trinajstić information content (AvgIpc) is 2.48. The van der Waals surface area contributed by atoms with E-state index in [-0.39, 0.29) is 16.2 Å². The molecule has 0 amide bonds. The van der Waals surface area contributed by atoms with Gasteiger partial charge in [-0.1, -0.05) is 30.3 Å². The highest BCUT2D eigenvalue weighted by Gasteiger charge is 2.16. The van der Waals surface area contributed by atoms with Gasteiger partial charge in [0.15, 0.2) is 0 Å². The Hall–Kier alpha value is -2.21. The van der Waals surface area contributed by atoms with Crippen LogP contribution in [0.2, 0.25) is 0 Å². The van der Waals surface area contributed by atoms with Crippen molar-refractivity contribution in [1.29, 1.82) is 0 Å². The molecule has 2 aromatic carbocycles. The van der Waals surface area contributed by atoms with Crippen LogP contribution in [-0.2, 0) is 10.0 Å². The van der Waals surface area contributed by atoms with Crippen LogP contribution in [0.3, 0.4) is 0 Å². The first-order valence-corrected chi connectivity index (χ1v) is 8.18. The molecule has 22 heavy (non-hydrogen) atoms. The lowest BCUT2D eigenvalue weighted by molar-refractivity contribution is 0.583. The van der Waals surface area contributed by atoms with E-state index >= 15 is 0 Å². The molecule has 6 heteroatoms. The number of sulfonamides is 1. The maximum absolute atomic E-state index is 13.6. The summed E-state index contributed by atoms with van der Waals surface area (Å²) in [4.78, 5) is 2.33. The summed E-state index contributed by atoms with van der Waals surface area (Å²) in [5, 5.41) is 3.81. The molecule has 4 nitrogen and oxygen atoms in total. The lowest BCUT2D eigenvalue weighted by Crippen LogP contribution is -2.21. The molecule has 0 aromatic heterocycles. The van der Waals surface area contributed by atoms with Crippen LogP contribution in [0, 0.1) is 19.7 Å². The van der Waals surface area contributed by atoms with Gasteiger partial charge < -0.3 is 0 Å². The van der Waals surface area contributed by atoms with Crippen LogP contribution in [0.4, 0.5) is 4.39 Å². The molecule has 0 saturated carbocycles. The van der Waals surface area contributed by atoms with Crippen molar-refractivity contribution in [1.82, 2.24) is 4.83 Å². The highest BCUT2D eigenvalue weighted by molar-refractivity contribution is 7.89. The van der Waals surface area contributed by atoms with E-state index in [0.29, 0.717) is 5.56 Å². The molecular weight excluding hydrogens is 303 g/mol. The lowest BCUT2D eigenvalue weighted by atomic mass is 10.1. The first kappa shape index (κ1) is 16.2. The molecule has 2 rings (SSSR count). The predicted molar refractivity (Wildman–Crippen MR) is 84.8 cm³/mol. The van der Waals surface area contributed by atoms with E-state index < -0.39 is 15.8 Å². The van der Waals surface area contributed by atoms with Gasteiger partial charge in [-0.15, -0.1) is 0 Å². The molecule has 0 heterocycles. The van der Waals surface area contributed by atoms with Crippen LogP contribution >= 0.6 is 0 Å². The summed E-state index contributed by atoms with van der Waals surface area (Å²) in [7, 11) is -3.79. The van der Waals surface area contributed by atoms with Gasteiger partial charge in [-0.3, -0.25) is 0 Å². The normalized spacial score (nSPS) is 12.3. The zero-order valence-corrected chi connectivity index (χ0v) is 13.4. The van der Waals surface area contributed by atoms with Gasteiger partial charge in [-0.05, 0) is 44.0 Å². The molecule has 0 aliphatic heterocycles. The number of benzene rings is 2. The van der Waals surface area contributed by atoms with Crippen LogP contribution < -0.4 is 4.83 Å². The fraction of sp³-hybridized carbons (Fsp3) is 0.188. The zero-order chi connectivity index (χ0) is 16.3. The summed E-state index contributed by atoms with van der Waals surface area (Å²) in [5.74, 6) is -0.449. The minimum Gasteiger partial charge on any atom is -0.206 e. The number of halogens is 1. The Labute approximate surface area is 129 Å². The van der Waals surface area contributed by atoms with Gasteiger partial charge in [0.25, 0.3) is 10.0 Å². The van der Waals surface area contributed by atoms with Gasteiger partial charge in [0.1, 0.15) is 5.82 Å². The Bertz CT molecular complexity index is 830. The van der Waals surface area contributed by atoms with E-state index in [9.17, 15) is 12.8 Å². The number of hydrogen-bond donors (Lipinski definition) is 1. The van der Waals surface area contributed by atoms with Crippen LogP contribution in [-0.4, -0.2) is 14.1 Å². The fourth-order valence-corrected chi connectivity index (χ4v) is 3.18. The minimum atomic E-state index is -3.79. The van der Waals surface area contributed by atoms with E-state index in [0.717, 1.165) is 5.56 Å². The third kappa shape index (κ3) is 3.51. The predicted octanol–water partition coefficient (Wildman–Crippen LogP) is 3.15. The lowest BCUT2D eigenvalue weighted by Gasteiger charge is -2.09. The molecule has 0 aliphatic rings. The fourth-order valence-electron chi connectivity index (χ4n) is 1.99. The van der Waals surface area contributed by atoms with E-state index in [1.54, 1.807) is 44.2 Å². The number of rotatable bonds is 4. The van der Waals surface area contributed by atoms with E-state index in [1.165, 1.54) is 6.07 Å². The quantitative estimate of drug-likeness (QED) is 0.695. The number of hydrogen-bond acceptors (Lipinski definition) is 3. The molecule has 0 saturated heterocycles. The van der Waals surface area contributed by atoms with Gasteiger partial charge in [0.2, 0.25) is 0 Å². The highest BCUT2D eigenvalue weighted by atomic mass is 32.2. The smallest absolute Gasteiger partial charge is 0.206 e. The highest BCUT2D eigenvalue weighted by Crippen LogP contribution is 2.16. The second kappa shape index (κ2) is 6.27. The Kier molecular flexibility index (Phi) is 4.61. The largest absolute Gasteiger partial charge is 0.276 e. The van der Waals surface area contributed by atoms with Crippen molar-refractivity contribution in [3.8, 4) is 0 Å². The molecule has 116 valence electrons. The molecule has 0 fully saturated rings. The summed E-state index contributed by atoms with van der Waals surface area (Å²) in [5.41, 5.74) is 1.97. The Morgan fingerprint density at radius 1 is 1.14 bits per heavy atom. The molecule has 0 unspecified atom stereocenters. The van der Waals surface area contributed by atoms with Gasteiger partial charge in [0.05, 0.1) is 10.6 Å². The summed E-state index contributed by atoms with van der Waals surface area (Å²) < 4.78 is 38.3. The first-order chi connectivity index (χ1) is 10.3. The SMILES string of the molecule is CC(=NNS(=O)(=O)c1cc(C)ccc1C)c1ccccc1F. The maximum Gasteiger partial charge on any atom is 0.276 e. The number of nitrogens with zero attached hydrogens (tertiary/aromatic N) is 1. The second-order valence-corrected chi connectivity index (χ2v) is 6.67. The number of hydrazone groups is 1. The van der Waals surface area contributed by atoms with Crippen LogP contribution in [0.15, 0.2) is 52.5 Å². The maximum atomic E-state index is 13.6. The van der Waals surface area contributed by atoms with Crippen molar-refractivity contribution in [3.63, 3.8) is 0 Å². The topological polar surface area (TPSA) is 58.5 Å². The first-order valence-electron chi connectivity index (χ1n) is 6.69. The summed E-state index contributed by atoms with van der Waals surface area (Å²) in [6, 6.07) is 11.2. The molecule has 0 bridgehead atoms. The van der Waals surface area contributed by atoms with Crippen molar-refractivity contribution in [2.75, 3.05) is 0 Å². The Morgan fingerprint density at radius 2 is 1.82 bits per heavy atom. The third-order valence-corrected chi connectivity index (χ3v) is 4.58. The van der Waals surface area contributed by atoms with Crippen LogP contribution in [0.25, 0.3) is 0 Å². The van der Waals surface area contributed by atoms with E-state index in [1.807, 2.05) is 13.0 Å².